The summed E-state index contributed by atoms with van der Waals surface area (Å²) in [5.74, 6) is 0.792. The number of benzene rings is 1. The highest BCUT2D eigenvalue weighted by Crippen LogP contribution is 2.30. The lowest BCUT2D eigenvalue weighted by atomic mass is 10.1. The number of imidazole rings is 1. The van der Waals surface area contributed by atoms with Crippen molar-refractivity contribution in [3.05, 3.63) is 40.3 Å². The fourth-order valence-corrected chi connectivity index (χ4v) is 3.00. The Morgan fingerprint density at radius 2 is 2.10 bits per heavy atom. The molecule has 7 heteroatoms. The quantitative estimate of drug-likeness (QED) is 0.726. The van der Waals surface area contributed by atoms with Gasteiger partial charge in [-0.15, -0.1) is 0 Å². The molecular formula is C14H14Cl3N3O. The monoisotopic (exact) mass is 345 g/mol. The van der Waals surface area contributed by atoms with Crippen LogP contribution in [-0.2, 0) is 24.3 Å². The van der Waals surface area contributed by atoms with Gasteiger partial charge in [0, 0.05) is 5.56 Å². The number of halogens is 3. The summed E-state index contributed by atoms with van der Waals surface area (Å²) in [4.78, 5) is 11.2. The molecule has 112 valence electrons. The average Bonchev–Trinajstić information content (AvgIpc) is 2.96. The van der Waals surface area contributed by atoms with Crippen LogP contribution in [-0.4, -0.2) is 10.5 Å². The van der Waals surface area contributed by atoms with Crippen molar-refractivity contribution < 1.29 is 21.8 Å². The molecule has 1 aliphatic heterocycles. The Bertz CT molecular complexity index is 697. The van der Waals surface area contributed by atoms with Crippen LogP contribution in [0.5, 0.6) is 0 Å². The zero-order valence-electron chi connectivity index (χ0n) is 11.2. The first-order valence-electron chi connectivity index (χ1n) is 6.42. The maximum atomic E-state index is 11.2. The molecule has 0 saturated heterocycles. The van der Waals surface area contributed by atoms with Gasteiger partial charge in [0.25, 0.3) is 11.7 Å². The number of carbonyl (C=O) groups excluding carboxylic acids is 1. The summed E-state index contributed by atoms with van der Waals surface area (Å²) in [6.07, 6.45) is 3.98. The third-order valence-corrected chi connectivity index (χ3v) is 4.27. The summed E-state index contributed by atoms with van der Waals surface area (Å²) in [6.45, 7) is 1.15. The molecular weight excluding hydrogens is 333 g/mol. The molecule has 0 fully saturated rings. The summed E-state index contributed by atoms with van der Waals surface area (Å²) in [5.41, 5.74) is 7.33. The second-order valence-electron chi connectivity index (χ2n) is 4.91. The molecule has 2 heterocycles. The highest BCUT2D eigenvalue weighted by atomic mass is 35.5. The molecule has 0 unspecified atom stereocenters. The van der Waals surface area contributed by atoms with Gasteiger partial charge in [-0.2, -0.15) is 0 Å². The topological polar surface area (TPSA) is 51.9 Å². The van der Waals surface area contributed by atoms with Crippen molar-refractivity contribution >= 4 is 29.1 Å². The first-order valence-corrected chi connectivity index (χ1v) is 7.17. The lowest BCUT2D eigenvalue weighted by Gasteiger charge is -2.01. The van der Waals surface area contributed by atoms with Gasteiger partial charge in [0.15, 0.2) is 12.2 Å². The molecule has 0 spiro atoms. The second-order valence-corrected chi connectivity index (χ2v) is 5.72. The van der Waals surface area contributed by atoms with E-state index in [-0.39, 0.29) is 24.9 Å². The molecule has 3 rings (SSSR count). The SMILES string of the molecule is NC(=O)C[n+]1cc(-c2ccc(Cl)c(Cl)c2)n2c1CCC2.[Cl-]. The number of hydrogen-bond donors (Lipinski definition) is 1. The predicted octanol–water partition coefficient (Wildman–Crippen LogP) is -0.815. The summed E-state index contributed by atoms with van der Waals surface area (Å²) in [6, 6.07) is 5.57. The number of nitrogens with two attached hydrogens (primary N) is 1. The minimum atomic E-state index is -0.337. The van der Waals surface area contributed by atoms with E-state index in [1.165, 1.54) is 0 Å². The number of hydrogen-bond acceptors (Lipinski definition) is 1. The van der Waals surface area contributed by atoms with Crippen LogP contribution in [0.15, 0.2) is 24.4 Å². The largest absolute Gasteiger partial charge is 1.00 e. The Labute approximate surface area is 138 Å². The summed E-state index contributed by atoms with van der Waals surface area (Å²) >= 11 is 12.0. The summed E-state index contributed by atoms with van der Waals surface area (Å²) in [7, 11) is 0. The van der Waals surface area contributed by atoms with Gasteiger partial charge in [0.05, 0.1) is 23.0 Å². The normalized spacial score (nSPS) is 12.9. The Hall–Kier alpha value is -1.23. The molecule has 0 atom stereocenters. The molecule has 1 amide bonds. The minimum absolute atomic E-state index is 0. The van der Waals surface area contributed by atoms with Crippen LogP contribution in [0.4, 0.5) is 0 Å². The molecule has 21 heavy (non-hydrogen) atoms. The Kier molecular flexibility index (Phi) is 4.81. The number of aromatic nitrogens is 2. The van der Waals surface area contributed by atoms with Crippen LogP contribution in [0.1, 0.15) is 12.2 Å². The van der Waals surface area contributed by atoms with E-state index in [4.69, 9.17) is 28.9 Å². The zero-order valence-corrected chi connectivity index (χ0v) is 13.4. The van der Waals surface area contributed by atoms with Gasteiger partial charge in [0.2, 0.25) is 0 Å². The van der Waals surface area contributed by atoms with Crippen LogP contribution in [0.3, 0.4) is 0 Å². The minimum Gasteiger partial charge on any atom is -1.00 e. The van der Waals surface area contributed by atoms with Gasteiger partial charge in [-0.3, -0.25) is 4.79 Å². The van der Waals surface area contributed by atoms with Crippen LogP contribution in [0.25, 0.3) is 11.3 Å². The lowest BCUT2D eigenvalue weighted by Crippen LogP contribution is -3.00. The highest BCUT2D eigenvalue weighted by molar-refractivity contribution is 6.42. The number of primary amides is 1. The van der Waals surface area contributed by atoms with Crippen molar-refractivity contribution in [1.29, 1.82) is 0 Å². The van der Waals surface area contributed by atoms with E-state index >= 15 is 0 Å². The number of nitrogens with zero attached hydrogens (tertiary/aromatic N) is 2. The standard InChI is InChI=1S/C14H13Cl2N3O.ClH/c15-10-4-3-9(6-11(10)16)12-7-18(8-13(17)20)14-2-1-5-19(12)14;/h3-4,6-7H,1-2,5,8H2,(H-,17,20);1H. The number of rotatable bonds is 3. The van der Waals surface area contributed by atoms with Crippen LogP contribution in [0, 0.1) is 0 Å². The Balaban J connectivity index is 0.00000161. The molecule has 0 bridgehead atoms. The first kappa shape index (κ1) is 16.1. The van der Waals surface area contributed by atoms with Crippen molar-refractivity contribution in [3.8, 4) is 11.3 Å². The summed E-state index contributed by atoms with van der Waals surface area (Å²) < 4.78 is 4.13. The molecule has 1 aromatic carbocycles. The van der Waals surface area contributed by atoms with Crippen molar-refractivity contribution in [2.24, 2.45) is 5.73 Å². The van der Waals surface area contributed by atoms with Crippen molar-refractivity contribution in [1.82, 2.24) is 4.57 Å². The third-order valence-electron chi connectivity index (χ3n) is 3.54. The number of amides is 1. The lowest BCUT2D eigenvalue weighted by molar-refractivity contribution is -0.690. The van der Waals surface area contributed by atoms with Gasteiger partial charge in [-0.05, 0) is 24.6 Å². The van der Waals surface area contributed by atoms with Gasteiger partial charge < -0.3 is 18.1 Å². The van der Waals surface area contributed by atoms with E-state index in [2.05, 4.69) is 4.57 Å². The van der Waals surface area contributed by atoms with Crippen molar-refractivity contribution in [3.63, 3.8) is 0 Å². The fourth-order valence-electron chi connectivity index (χ4n) is 2.70. The van der Waals surface area contributed by atoms with E-state index in [1.807, 2.05) is 22.9 Å². The number of fused-ring (bicyclic) bond motifs is 1. The molecule has 1 aromatic heterocycles. The molecule has 4 nitrogen and oxygen atoms in total. The second kappa shape index (κ2) is 6.26. The molecule has 2 N–H and O–H groups in total. The van der Waals surface area contributed by atoms with Gasteiger partial charge in [0.1, 0.15) is 6.20 Å². The maximum Gasteiger partial charge on any atom is 0.259 e. The molecule has 0 aliphatic carbocycles. The molecule has 2 aromatic rings. The predicted molar refractivity (Wildman–Crippen MR) is 77.6 cm³/mol. The highest BCUT2D eigenvalue weighted by Gasteiger charge is 2.29. The van der Waals surface area contributed by atoms with Gasteiger partial charge >= 0.3 is 0 Å². The maximum absolute atomic E-state index is 11.2. The van der Waals surface area contributed by atoms with Gasteiger partial charge in [-0.1, -0.05) is 23.2 Å². The van der Waals surface area contributed by atoms with E-state index in [0.29, 0.717) is 10.0 Å². The first-order chi connectivity index (χ1) is 9.56. The van der Waals surface area contributed by atoms with Crippen LogP contribution in [0.2, 0.25) is 10.0 Å². The van der Waals surface area contributed by atoms with E-state index in [1.54, 1.807) is 6.07 Å². The molecule has 1 aliphatic rings. The third kappa shape index (κ3) is 3.03. The zero-order chi connectivity index (χ0) is 14.3. The van der Waals surface area contributed by atoms with Crippen molar-refractivity contribution in [2.45, 2.75) is 25.9 Å². The average molecular weight is 347 g/mol. The summed E-state index contributed by atoms with van der Waals surface area (Å²) in [5, 5.41) is 1.06. The smallest absolute Gasteiger partial charge is 0.259 e. The Morgan fingerprint density at radius 1 is 1.33 bits per heavy atom. The van der Waals surface area contributed by atoms with Gasteiger partial charge in [-0.25, -0.2) is 9.13 Å². The molecule has 0 saturated carbocycles. The van der Waals surface area contributed by atoms with E-state index in [0.717, 1.165) is 36.5 Å². The van der Waals surface area contributed by atoms with E-state index < -0.39 is 0 Å². The van der Waals surface area contributed by atoms with Crippen LogP contribution >= 0.6 is 23.2 Å². The number of carbonyl (C=O) groups is 1. The fraction of sp³-hybridized carbons (Fsp3) is 0.286. The molecule has 0 radical (unpaired) electrons. The van der Waals surface area contributed by atoms with Crippen molar-refractivity contribution in [2.75, 3.05) is 0 Å². The van der Waals surface area contributed by atoms with Crippen LogP contribution < -0.4 is 22.7 Å². The Morgan fingerprint density at radius 3 is 2.76 bits per heavy atom. The van der Waals surface area contributed by atoms with E-state index in [9.17, 15) is 4.79 Å².